The highest BCUT2D eigenvalue weighted by molar-refractivity contribution is 6.58. The molecule has 0 saturated carbocycles. The molecule has 0 radical (unpaired) electrons. The molecule has 6 nitrogen and oxygen atoms in total. The van der Waals surface area contributed by atoms with E-state index in [1.54, 1.807) is 42.7 Å². The Labute approximate surface area is 180 Å². The molecule has 0 aromatic rings. The molecule has 0 saturated heterocycles. The molecule has 0 bridgehead atoms. The Morgan fingerprint density at radius 2 is 0.571 bits per heavy atom. The molecule has 170 valence electrons. The van der Waals surface area contributed by atoms with E-state index in [4.69, 9.17) is 26.6 Å². The molecule has 0 aliphatic rings. The van der Waals surface area contributed by atoms with E-state index in [1.165, 1.54) is 56.7 Å². The monoisotopic (exact) mass is 470 g/mol. The largest absolute Gasteiger partial charge is 0.400 e. The van der Waals surface area contributed by atoms with E-state index in [2.05, 4.69) is 0 Å². The normalized spacial score (nSPS) is 12.2. The maximum absolute atomic E-state index is 5.44. The minimum absolute atomic E-state index is 0.675. The maximum Gasteiger partial charge on any atom is 0.320 e. The molecule has 0 fully saturated rings. The quantitative estimate of drug-likeness (QED) is 0.190. The lowest BCUT2D eigenvalue weighted by molar-refractivity contribution is 0.276. The lowest BCUT2D eigenvalue weighted by Gasteiger charge is -2.17. The second-order valence-electron chi connectivity index (χ2n) is 7.42. The molecule has 10 heteroatoms. The number of rotatable bonds is 21. The van der Waals surface area contributed by atoms with E-state index in [0.717, 1.165) is 18.1 Å². The van der Waals surface area contributed by atoms with Gasteiger partial charge in [-0.25, -0.2) is 0 Å². The van der Waals surface area contributed by atoms with Crippen LogP contribution in [0.25, 0.3) is 0 Å². The number of hydrogen-bond acceptors (Lipinski definition) is 6. The third-order valence-corrected chi connectivity index (χ3v) is 15.0. The van der Waals surface area contributed by atoms with Gasteiger partial charge in [0.25, 0.3) is 0 Å². The van der Waals surface area contributed by atoms with Crippen molar-refractivity contribution in [1.29, 1.82) is 0 Å². The minimum Gasteiger partial charge on any atom is -0.400 e. The molecule has 0 aromatic heterocycles. The minimum atomic E-state index is -1.38. The Hall–Kier alpha value is 0.628. The number of unbranched alkanes of at least 4 members (excludes halogenated alkanes) is 3. The lowest BCUT2D eigenvalue weighted by atomic mass is 10.4. The third-order valence-electron chi connectivity index (χ3n) is 5.48. The Morgan fingerprint density at radius 1 is 0.357 bits per heavy atom. The molecule has 0 aromatic carbocycles. The predicted molar refractivity (Wildman–Crippen MR) is 127 cm³/mol. The zero-order chi connectivity index (χ0) is 21.0. The van der Waals surface area contributed by atoms with Crippen LogP contribution in [0.4, 0.5) is 0 Å². The highest BCUT2D eigenvalue weighted by atomic mass is 28.3. The first-order valence-electron chi connectivity index (χ1n) is 10.8. The van der Waals surface area contributed by atoms with Crippen molar-refractivity contribution < 1.29 is 26.6 Å². The van der Waals surface area contributed by atoms with Gasteiger partial charge in [-0.05, 0) is 18.1 Å². The molecular formula is C18H46O6Si4. The van der Waals surface area contributed by atoms with Crippen LogP contribution in [-0.4, -0.2) is 79.3 Å². The molecule has 0 unspecified atom stereocenters. The molecule has 0 amide bonds. The zero-order valence-electron chi connectivity index (χ0n) is 19.2. The maximum atomic E-state index is 5.44. The highest BCUT2D eigenvalue weighted by Gasteiger charge is 2.15. The van der Waals surface area contributed by atoms with Crippen LogP contribution in [0.5, 0.6) is 0 Å². The standard InChI is InChI=1S/C18H46O6Si4/c1-19-26(20-2)16-10-7-13-25(14-8-11-17-27(21-3)22-4)15-9-12-18-28(23-5)24-6/h25-28H,7-18H2,1-6H3. The van der Waals surface area contributed by atoms with E-state index in [-0.39, 0.29) is 0 Å². The van der Waals surface area contributed by atoms with Crippen LogP contribution >= 0.6 is 0 Å². The first kappa shape index (κ1) is 28.6. The van der Waals surface area contributed by atoms with Gasteiger partial charge in [-0.1, -0.05) is 56.7 Å². The van der Waals surface area contributed by atoms with Crippen molar-refractivity contribution in [3.05, 3.63) is 0 Å². The summed E-state index contributed by atoms with van der Waals surface area (Å²) in [4.78, 5) is 0. The molecule has 0 aliphatic carbocycles. The zero-order valence-corrected chi connectivity index (χ0v) is 23.9. The molecule has 0 rings (SSSR count). The van der Waals surface area contributed by atoms with Crippen molar-refractivity contribution in [2.24, 2.45) is 0 Å². The fourth-order valence-electron chi connectivity index (χ4n) is 3.66. The van der Waals surface area contributed by atoms with E-state index in [1.807, 2.05) is 0 Å². The van der Waals surface area contributed by atoms with Gasteiger partial charge >= 0.3 is 27.9 Å². The summed E-state index contributed by atoms with van der Waals surface area (Å²) in [6.07, 6.45) is 7.79. The van der Waals surface area contributed by atoms with Crippen LogP contribution < -0.4 is 0 Å². The summed E-state index contributed by atoms with van der Waals surface area (Å²) in [5.41, 5.74) is 0. The van der Waals surface area contributed by atoms with Crippen molar-refractivity contribution >= 4 is 36.6 Å². The fraction of sp³-hybridized carbons (Fsp3) is 1.00. The first-order chi connectivity index (χ1) is 13.6. The second kappa shape index (κ2) is 20.9. The van der Waals surface area contributed by atoms with Crippen molar-refractivity contribution in [2.45, 2.75) is 74.8 Å². The van der Waals surface area contributed by atoms with Crippen LogP contribution in [0.1, 0.15) is 38.5 Å². The summed E-state index contributed by atoms with van der Waals surface area (Å²) in [6.45, 7) is 0. The van der Waals surface area contributed by atoms with Crippen LogP contribution in [-0.2, 0) is 26.6 Å². The van der Waals surface area contributed by atoms with Gasteiger partial charge in [-0.2, -0.15) is 0 Å². The van der Waals surface area contributed by atoms with Gasteiger partial charge in [0.1, 0.15) is 0 Å². The van der Waals surface area contributed by atoms with E-state index in [0.29, 0.717) is 0 Å². The summed E-state index contributed by atoms with van der Waals surface area (Å²) in [5, 5.41) is 0. The van der Waals surface area contributed by atoms with Crippen molar-refractivity contribution in [3.8, 4) is 0 Å². The van der Waals surface area contributed by atoms with Crippen LogP contribution in [0.15, 0.2) is 0 Å². The highest BCUT2D eigenvalue weighted by Crippen LogP contribution is 2.20. The van der Waals surface area contributed by atoms with E-state index >= 15 is 0 Å². The molecule has 0 heterocycles. The summed E-state index contributed by atoms with van der Waals surface area (Å²) in [6, 6.07) is 7.78. The van der Waals surface area contributed by atoms with Crippen molar-refractivity contribution in [2.75, 3.05) is 42.7 Å². The third kappa shape index (κ3) is 15.5. The van der Waals surface area contributed by atoms with E-state index < -0.39 is 36.6 Å². The van der Waals surface area contributed by atoms with Crippen molar-refractivity contribution in [1.82, 2.24) is 0 Å². The Kier molecular flexibility index (Phi) is 21.4. The molecule has 0 N–H and O–H groups in total. The molecule has 0 spiro atoms. The Bertz CT molecular complexity index is 271. The Morgan fingerprint density at radius 3 is 0.786 bits per heavy atom. The second-order valence-corrected chi connectivity index (χ2v) is 18.0. The average molecular weight is 471 g/mol. The summed E-state index contributed by atoms with van der Waals surface area (Å²) in [7, 11) is 5.89. The Balaban J connectivity index is 4.17. The summed E-state index contributed by atoms with van der Waals surface area (Å²) >= 11 is 0. The van der Waals surface area contributed by atoms with Crippen LogP contribution in [0.3, 0.4) is 0 Å². The first-order valence-corrected chi connectivity index (χ1v) is 18.5. The smallest absolute Gasteiger partial charge is 0.320 e. The summed E-state index contributed by atoms with van der Waals surface area (Å²) < 4.78 is 32.6. The van der Waals surface area contributed by atoms with Crippen LogP contribution in [0, 0.1) is 0 Å². The predicted octanol–water partition coefficient (Wildman–Crippen LogP) is 3.09. The topological polar surface area (TPSA) is 55.4 Å². The molecular weight excluding hydrogens is 425 g/mol. The van der Waals surface area contributed by atoms with Gasteiger partial charge in [-0.3, -0.25) is 0 Å². The average Bonchev–Trinajstić information content (AvgIpc) is 2.73. The van der Waals surface area contributed by atoms with Gasteiger partial charge in [0.15, 0.2) is 0 Å². The fourth-order valence-corrected chi connectivity index (χ4v) is 11.0. The van der Waals surface area contributed by atoms with Crippen molar-refractivity contribution in [3.63, 3.8) is 0 Å². The number of hydrogen-bond donors (Lipinski definition) is 0. The van der Waals surface area contributed by atoms with Gasteiger partial charge in [-0.15, -0.1) is 0 Å². The summed E-state index contributed by atoms with van der Waals surface area (Å²) in [5.74, 6) is 0. The van der Waals surface area contributed by atoms with Gasteiger partial charge < -0.3 is 26.6 Å². The van der Waals surface area contributed by atoms with Crippen LogP contribution in [0.2, 0.25) is 36.3 Å². The molecule has 0 aliphatic heterocycles. The van der Waals surface area contributed by atoms with Gasteiger partial charge in [0.2, 0.25) is 0 Å². The van der Waals surface area contributed by atoms with E-state index in [9.17, 15) is 0 Å². The molecule has 28 heavy (non-hydrogen) atoms. The van der Waals surface area contributed by atoms with Gasteiger partial charge in [0.05, 0.1) is 0 Å². The van der Waals surface area contributed by atoms with Gasteiger partial charge in [0, 0.05) is 51.5 Å². The SMILES string of the molecule is CO[SiH](CCCC[SiH](CCCC[SiH](OC)OC)CCCC[SiH](OC)OC)OC. The lowest BCUT2D eigenvalue weighted by Crippen LogP contribution is -2.20. The molecule has 0 atom stereocenters.